The lowest BCUT2D eigenvalue weighted by Crippen LogP contribution is -2.46. The van der Waals surface area contributed by atoms with E-state index in [-0.39, 0.29) is 29.7 Å². The number of amidine groups is 1. The summed E-state index contributed by atoms with van der Waals surface area (Å²) in [5, 5.41) is 25.9. The molecule has 3 aromatic rings. The van der Waals surface area contributed by atoms with E-state index in [1.54, 1.807) is 18.2 Å². The third kappa shape index (κ3) is 6.76. The van der Waals surface area contributed by atoms with Gasteiger partial charge in [-0.2, -0.15) is 0 Å². The van der Waals surface area contributed by atoms with Gasteiger partial charge in [0.05, 0.1) is 24.9 Å². The standard InChI is InChI=1S/C28H27N3O8/c29-26(30)16-5-7-20(8-6-16)39-28(37)24-10-9-21(38-24)15-31-14-18-4-2-1-3-17(18)11-22(31)23(32)12-19(27(35)36)13-25(33)34/h1-10,19,22H,11-15H2,(H3,29,30)(H,33,34)(H,35,36)/t19-,22-/m0/s1. The molecule has 2 heterocycles. The Bertz CT molecular complexity index is 1410. The third-order valence-corrected chi connectivity index (χ3v) is 6.53. The first-order valence-corrected chi connectivity index (χ1v) is 12.1. The van der Waals surface area contributed by atoms with Crippen LogP contribution < -0.4 is 10.5 Å². The Morgan fingerprint density at radius 3 is 2.33 bits per heavy atom. The molecule has 1 aliphatic heterocycles. The van der Waals surface area contributed by atoms with E-state index in [0.29, 0.717) is 24.3 Å². The van der Waals surface area contributed by atoms with E-state index in [1.807, 2.05) is 29.2 Å². The summed E-state index contributed by atoms with van der Waals surface area (Å²) < 4.78 is 11.0. The highest BCUT2D eigenvalue weighted by atomic mass is 16.5. The SMILES string of the molecule is N=C(N)c1ccc(OC(=O)c2ccc(CN3Cc4ccccc4C[C@H]3C(=O)C[C@@H](CC(=O)O)C(=O)O)o2)cc1. The number of nitrogens with zero attached hydrogens (tertiary/aromatic N) is 1. The predicted octanol–water partition coefficient (Wildman–Crippen LogP) is 2.84. The zero-order valence-electron chi connectivity index (χ0n) is 20.8. The van der Waals surface area contributed by atoms with Gasteiger partial charge in [0.15, 0.2) is 5.78 Å². The molecule has 11 nitrogen and oxygen atoms in total. The number of nitrogens with two attached hydrogens (primary N) is 1. The van der Waals surface area contributed by atoms with Gasteiger partial charge in [0.2, 0.25) is 5.76 Å². The Morgan fingerprint density at radius 1 is 1.00 bits per heavy atom. The Labute approximate surface area is 223 Å². The van der Waals surface area contributed by atoms with E-state index >= 15 is 0 Å². The molecule has 11 heteroatoms. The molecule has 0 bridgehead atoms. The second-order valence-corrected chi connectivity index (χ2v) is 9.29. The molecule has 4 rings (SSSR count). The van der Waals surface area contributed by atoms with Crippen LogP contribution in [0.25, 0.3) is 0 Å². The zero-order valence-corrected chi connectivity index (χ0v) is 20.8. The Kier molecular flexibility index (Phi) is 8.21. The summed E-state index contributed by atoms with van der Waals surface area (Å²) in [6.07, 6.45) is -0.727. The van der Waals surface area contributed by atoms with E-state index in [9.17, 15) is 24.3 Å². The molecule has 1 aromatic heterocycles. The van der Waals surface area contributed by atoms with Crippen molar-refractivity contribution in [3.05, 3.63) is 88.9 Å². The fourth-order valence-electron chi connectivity index (χ4n) is 4.53. The smallest absolute Gasteiger partial charge is 0.379 e. The molecule has 0 radical (unpaired) electrons. The average molecular weight is 534 g/mol. The summed E-state index contributed by atoms with van der Waals surface area (Å²) >= 11 is 0. The number of aliphatic carboxylic acids is 2. The van der Waals surface area contributed by atoms with Gasteiger partial charge in [-0.1, -0.05) is 24.3 Å². The molecular formula is C28H27N3O8. The van der Waals surface area contributed by atoms with Crippen LogP contribution in [0.5, 0.6) is 5.75 Å². The van der Waals surface area contributed by atoms with Crippen LogP contribution in [0.1, 0.15) is 45.8 Å². The highest BCUT2D eigenvalue weighted by Gasteiger charge is 2.35. The fraction of sp³-hybridized carbons (Fsp3) is 0.250. The van der Waals surface area contributed by atoms with E-state index in [4.69, 9.17) is 25.4 Å². The van der Waals surface area contributed by atoms with Crippen LogP contribution in [-0.2, 0) is 33.9 Å². The van der Waals surface area contributed by atoms with Gasteiger partial charge in [0, 0.05) is 18.5 Å². The molecule has 0 amide bonds. The maximum absolute atomic E-state index is 13.3. The second kappa shape index (κ2) is 11.7. The van der Waals surface area contributed by atoms with Gasteiger partial charge in [-0.3, -0.25) is 24.7 Å². The number of hydrogen-bond donors (Lipinski definition) is 4. The summed E-state index contributed by atoms with van der Waals surface area (Å²) in [5.41, 5.74) is 7.88. The van der Waals surface area contributed by atoms with Gasteiger partial charge in [0.1, 0.15) is 17.3 Å². The lowest BCUT2D eigenvalue weighted by atomic mass is 9.87. The molecule has 2 aromatic carbocycles. The van der Waals surface area contributed by atoms with Gasteiger partial charge in [0.25, 0.3) is 0 Å². The number of carboxylic acid groups (broad SMARTS) is 2. The number of esters is 1. The maximum Gasteiger partial charge on any atom is 0.379 e. The third-order valence-electron chi connectivity index (χ3n) is 6.53. The van der Waals surface area contributed by atoms with Crippen LogP contribution in [0.15, 0.2) is 65.1 Å². The summed E-state index contributed by atoms with van der Waals surface area (Å²) in [6.45, 7) is 0.536. The van der Waals surface area contributed by atoms with E-state index in [0.717, 1.165) is 11.1 Å². The normalized spacial score (nSPS) is 15.6. The second-order valence-electron chi connectivity index (χ2n) is 9.29. The summed E-state index contributed by atoms with van der Waals surface area (Å²) in [7, 11) is 0. The maximum atomic E-state index is 13.3. The van der Waals surface area contributed by atoms with Crippen molar-refractivity contribution < 1.29 is 38.5 Å². The number of rotatable bonds is 11. The Balaban J connectivity index is 1.49. The van der Waals surface area contributed by atoms with Crippen LogP contribution in [-0.4, -0.2) is 50.7 Å². The molecule has 0 saturated heterocycles. The van der Waals surface area contributed by atoms with Crippen molar-refractivity contribution in [1.29, 1.82) is 5.41 Å². The van der Waals surface area contributed by atoms with Crippen molar-refractivity contribution >= 4 is 29.5 Å². The van der Waals surface area contributed by atoms with Crippen LogP contribution in [0.3, 0.4) is 0 Å². The number of benzene rings is 2. The highest BCUT2D eigenvalue weighted by Crippen LogP contribution is 2.28. The number of nitrogens with one attached hydrogen (secondary N) is 1. The number of carboxylic acids is 2. The number of carbonyl (C=O) groups excluding carboxylic acids is 2. The monoisotopic (exact) mass is 533 g/mol. The van der Waals surface area contributed by atoms with Crippen molar-refractivity contribution in [3.8, 4) is 5.75 Å². The lowest BCUT2D eigenvalue weighted by molar-refractivity contribution is -0.150. The largest absolute Gasteiger partial charge is 0.481 e. The van der Waals surface area contributed by atoms with Crippen molar-refractivity contribution in [2.24, 2.45) is 11.7 Å². The van der Waals surface area contributed by atoms with Gasteiger partial charge < -0.3 is 25.1 Å². The number of Topliss-reactive ketones (excluding diaryl/α,β-unsaturated/α-hetero) is 1. The number of hydrogen-bond acceptors (Lipinski definition) is 8. The average Bonchev–Trinajstić information content (AvgIpc) is 3.36. The summed E-state index contributed by atoms with van der Waals surface area (Å²) in [4.78, 5) is 50.4. The number of ether oxygens (including phenoxy) is 1. The molecule has 0 spiro atoms. The first kappa shape index (κ1) is 27.3. The van der Waals surface area contributed by atoms with E-state index in [1.165, 1.54) is 18.2 Å². The summed E-state index contributed by atoms with van der Waals surface area (Å²) in [6, 6.07) is 16.1. The zero-order chi connectivity index (χ0) is 28.1. The first-order chi connectivity index (χ1) is 18.6. The first-order valence-electron chi connectivity index (χ1n) is 12.1. The van der Waals surface area contributed by atoms with Crippen molar-refractivity contribution in [1.82, 2.24) is 4.90 Å². The van der Waals surface area contributed by atoms with Gasteiger partial charge in [-0.25, -0.2) is 4.79 Å². The van der Waals surface area contributed by atoms with Gasteiger partial charge >= 0.3 is 17.9 Å². The van der Waals surface area contributed by atoms with Crippen molar-refractivity contribution in [3.63, 3.8) is 0 Å². The molecule has 0 saturated carbocycles. The van der Waals surface area contributed by atoms with Crippen LogP contribution in [0.4, 0.5) is 0 Å². The molecule has 39 heavy (non-hydrogen) atoms. The minimum absolute atomic E-state index is 0.0478. The molecule has 202 valence electrons. The molecule has 0 unspecified atom stereocenters. The van der Waals surface area contributed by atoms with Crippen LogP contribution in [0.2, 0.25) is 0 Å². The predicted molar refractivity (Wildman–Crippen MR) is 137 cm³/mol. The molecule has 1 aliphatic rings. The molecular weight excluding hydrogens is 506 g/mol. The number of nitrogen functional groups attached to an aromatic ring is 1. The van der Waals surface area contributed by atoms with E-state index in [2.05, 4.69) is 0 Å². The Morgan fingerprint density at radius 2 is 1.69 bits per heavy atom. The molecule has 0 fully saturated rings. The number of fused-ring (bicyclic) bond motifs is 1. The summed E-state index contributed by atoms with van der Waals surface area (Å²) in [5.74, 6) is -4.57. The van der Waals surface area contributed by atoms with Crippen LogP contribution >= 0.6 is 0 Å². The Hall–Kier alpha value is -4.77. The van der Waals surface area contributed by atoms with Gasteiger partial charge in [-0.15, -0.1) is 0 Å². The highest BCUT2D eigenvalue weighted by molar-refractivity contribution is 5.95. The topological polar surface area (TPSA) is 184 Å². The minimum Gasteiger partial charge on any atom is -0.481 e. The molecule has 5 N–H and O–H groups in total. The quantitative estimate of drug-likeness (QED) is 0.124. The number of ketones is 1. The number of carbonyl (C=O) groups is 4. The van der Waals surface area contributed by atoms with E-state index < -0.39 is 42.7 Å². The van der Waals surface area contributed by atoms with Crippen molar-refractivity contribution in [2.45, 2.75) is 38.4 Å². The minimum atomic E-state index is -1.33. The number of furan rings is 1. The lowest BCUT2D eigenvalue weighted by Gasteiger charge is -2.35. The fourth-order valence-corrected chi connectivity index (χ4v) is 4.53. The molecule has 0 aliphatic carbocycles. The van der Waals surface area contributed by atoms with Gasteiger partial charge in [-0.05, 0) is 53.9 Å². The molecule has 2 atom stereocenters. The van der Waals surface area contributed by atoms with Crippen LogP contribution in [0, 0.1) is 11.3 Å². The van der Waals surface area contributed by atoms with Crippen molar-refractivity contribution in [2.75, 3.05) is 0 Å².